The molecule has 154 valence electrons. The van der Waals surface area contributed by atoms with Crippen molar-refractivity contribution in [3.8, 4) is 0 Å². The Morgan fingerprint density at radius 1 is 1.21 bits per heavy atom. The molecule has 3 aromatic rings. The molecule has 4 rings (SSSR count). The van der Waals surface area contributed by atoms with E-state index >= 15 is 0 Å². The van der Waals surface area contributed by atoms with E-state index in [1.54, 1.807) is 6.92 Å². The second kappa shape index (κ2) is 7.11. The average Bonchev–Trinajstić information content (AvgIpc) is 2.98. The van der Waals surface area contributed by atoms with Crippen molar-refractivity contribution in [3.05, 3.63) is 69.3 Å². The first kappa shape index (κ1) is 20.4. The quantitative estimate of drug-likeness (QED) is 0.494. The Kier molecular flexibility index (Phi) is 4.99. The van der Waals surface area contributed by atoms with Crippen LogP contribution in [-0.2, 0) is 6.42 Å². The standard InChI is InChI=1S/C21H19BrF4N2O/c1-10-7-13-12-5-3-4-6-16(12)27-18(13)19(28(10)20(29)21(2,25)26)17-14(23)8-11(22)9-15(17)24/h3-6,8-10,19-20,27,29H,7H2,1-2H3/t10-,19-,20?/m1/s1. The van der Waals surface area contributed by atoms with Gasteiger partial charge in [-0.15, -0.1) is 0 Å². The second-order valence-electron chi connectivity index (χ2n) is 7.58. The molecule has 2 aromatic carbocycles. The molecule has 1 aliphatic heterocycles. The average molecular weight is 471 g/mol. The fraction of sp³-hybridized carbons (Fsp3) is 0.333. The largest absolute Gasteiger partial charge is 0.372 e. The Balaban J connectivity index is 2.01. The Bertz CT molecular complexity index is 1060. The van der Waals surface area contributed by atoms with Gasteiger partial charge in [0, 0.05) is 39.6 Å². The number of hydrogen-bond donors (Lipinski definition) is 2. The van der Waals surface area contributed by atoms with Crippen LogP contribution in [0.25, 0.3) is 10.9 Å². The van der Waals surface area contributed by atoms with Crippen LogP contribution in [0.3, 0.4) is 0 Å². The van der Waals surface area contributed by atoms with E-state index in [1.165, 1.54) is 0 Å². The Morgan fingerprint density at radius 3 is 2.45 bits per heavy atom. The number of nitrogens with one attached hydrogen (secondary N) is 1. The molecule has 0 aliphatic carbocycles. The number of halogens is 5. The van der Waals surface area contributed by atoms with E-state index in [-0.39, 0.29) is 10.0 Å². The summed E-state index contributed by atoms with van der Waals surface area (Å²) in [6.45, 7) is 2.26. The van der Waals surface area contributed by atoms with Crippen LogP contribution in [0.2, 0.25) is 0 Å². The lowest BCUT2D eigenvalue weighted by Crippen LogP contribution is -2.55. The molecular weight excluding hydrogens is 452 g/mol. The van der Waals surface area contributed by atoms with Gasteiger partial charge < -0.3 is 10.1 Å². The van der Waals surface area contributed by atoms with Crippen LogP contribution in [0.5, 0.6) is 0 Å². The van der Waals surface area contributed by atoms with E-state index in [9.17, 15) is 22.7 Å². The molecule has 0 saturated carbocycles. The van der Waals surface area contributed by atoms with Gasteiger partial charge in [0.25, 0.3) is 5.92 Å². The number of aromatic nitrogens is 1. The number of para-hydroxylation sites is 1. The van der Waals surface area contributed by atoms with Crippen molar-refractivity contribution in [2.75, 3.05) is 0 Å². The number of aliphatic hydroxyl groups is 1. The monoisotopic (exact) mass is 470 g/mol. The van der Waals surface area contributed by atoms with Gasteiger partial charge in [-0.25, -0.2) is 17.6 Å². The fourth-order valence-electron chi connectivity index (χ4n) is 4.23. The molecule has 0 bridgehead atoms. The number of rotatable bonds is 3. The van der Waals surface area contributed by atoms with Gasteiger partial charge in [0.2, 0.25) is 0 Å². The van der Waals surface area contributed by atoms with Gasteiger partial charge in [-0.1, -0.05) is 34.1 Å². The molecule has 1 aliphatic rings. The predicted octanol–water partition coefficient (Wildman–Crippen LogP) is 5.52. The van der Waals surface area contributed by atoms with Gasteiger partial charge in [-0.2, -0.15) is 0 Å². The summed E-state index contributed by atoms with van der Waals surface area (Å²) in [5.74, 6) is -5.24. The van der Waals surface area contributed by atoms with Gasteiger partial charge >= 0.3 is 0 Å². The number of aliphatic hydroxyl groups excluding tert-OH is 1. The summed E-state index contributed by atoms with van der Waals surface area (Å²) in [5.41, 5.74) is 1.58. The van der Waals surface area contributed by atoms with Gasteiger partial charge in [0.15, 0.2) is 6.23 Å². The van der Waals surface area contributed by atoms with Crippen molar-refractivity contribution in [2.45, 2.75) is 44.5 Å². The van der Waals surface area contributed by atoms with Crippen molar-refractivity contribution in [2.24, 2.45) is 0 Å². The number of aromatic amines is 1. The molecule has 0 fully saturated rings. The first-order valence-electron chi connectivity index (χ1n) is 9.16. The molecule has 8 heteroatoms. The summed E-state index contributed by atoms with van der Waals surface area (Å²) < 4.78 is 58.3. The van der Waals surface area contributed by atoms with Crippen LogP contribution in [0, 0.1) is 11.6 Å². The zero-order valence-electron chi connectivity index (χ0n) is 15.7. The van der Waals surface area contributed by atoms with Crippen molar-refractivity contribution in [3.63, 3.8) is 0 Å². The summed E-state index contributed by atoms with van der Waals surface area (Å²) in [5, 5.41) is 11.3. The first-order chi connectivity index (χ1) is 13.6. The third-order valence-corrected chi connectivity index (χ3v) is 5.94. The van der Waals surface area contributed by atoms with Crippen LogP contribution in [0.15, 0.2) is 40.9 Å². The first-order valence-corrected chi connectivity index (χ1v) is 9.96. The number of benzene rings is 2. The van der Waals surface area contributed by atoms with Crippen LogP contribution in [0.1, 0.15) is 36.7 Å². The molecule has 0 saturated heterocycles. The Morgan fingerprint density at radius 2 is 1.83 bits per heavy atom. The minimum atomic E-state index is -3.49. The molecule has 29 heavy (non-hydrogen) atoms. The minimum absolute atomic E-state index is 0.199. The SMILES string of the molecule is C[C@@H]1Cc2c([nH]c3ccccc23)[C@@H](c2c(F)cc(Br)cc2F)N1C(O)C(C)(F)F. The summed E-state index contributed by atoms with van der Waals surface area (Å²) in [4.78, 5) is 4.24. The Labute approximate surface area is 173 Å². The number of H-pyrrole nitrogens is 1. The number of fused-ring (bicyclic) bond motifs is 3. The van der Waals surface area contributed by atoms with E-state index in [0.717, 1.165) is 33.5 Å². The minimum Gasteiger partial charge on any atom is -0.372 e. The topological polar surface area (TPSA) is 39.3 Å². The fourth-order valence-corrected chi connectivity index (χ4v) is 4.63. The highest BCUT2D eigenvalue weighted by atomic mass is 79.9. The molecule has 1 unspecified atom stereocenters. The molecule has 2 N–H and O–H groups in total. The lowest BCUT2D eigenvalue weighted by atomic mass is 9.87. The molecular formula is C21H19BrF4N2O. The molecule has 1 aromatic heterocycles. The summed E-state index contributed by atoms with van der Waals surface area (Å²) in [7, 11) is 0. The maximum Gasteiger partial charge on any atom is 0.284 e. The lowest BCUT2D eigenvalue weighted by molar-refractivity contribution is -0.186. The van der Waals surface area contributed by atoms with E-state index in [4.69, 9.17) is 0 Å². The molecule has 0 radical (unpaired) electrons. The molecule has 0 amide bonds. The van der Waals surface area contributed by atoms with Gasteiger partial charge in [-0.3, -0.25) is 4.90 Å². The van der Waals surface area contributed by atoms with Crippen molar-refractivity contribution < 1.29 is 22.7 Å². The highest BCUT2D eigenvalue weighted by Gasteiger charge is 2.48. The molecule has 3 atom stereocenters. The van der Waals surface area contributed by atoms with E-state index in [2.05, 4.69) is 20.9 Å². The number of alkyl halides is 2. The number of hydrogen-bond acceptors (Lipinski definition) is 2. The molecule has 0 spiro atoms. The molecule has 3 nitrogen and oxygen atoms in total. The normalized spacial score (nSPS) is 21.4. The van der Waals surface area contributed by atoms with Gasteiger partial charge in [0.1, 0.15) is 11.6 Å². The zero-order valence-corrected chi connectivity index (χ0v) is 17.3. The third-order valence-electron chi connectivity index (χ3n) is 5.48. The van der Waals surface area contributed by atoms with E-state index in [0.29, 0.717) is 19.0 Å². The third kappa shape index (κ3) is 3.37. The molecule has 2 heterocycles. The summed E-state index contributed by atoms with van der Waals surface area (Å²) in [6.07, 6.45) is -1.87. The van der Waals surface area contributed by atoms with E-state index in [1.807, 2.05) is 24.3 Å². The zero-order chi connectivity index (χ0) is 21.1. The lowest BCUT2D eigenvalue weighted by Gasteiger charge is -2.45. The highest BCUT2D eigenvalue weighted by molar-refractivity contribution is 9.10. The summed E-state index contributed by atoms with van der Waals surface area (Å²) in [6, 6.07) is 7.71. The maximum absolute atomic E-state index is 14.9. The van der Waals surface area contributed by atoms with Crippen LogP contribution < -0.4 is 0 Å². The van der Waals surface area contributed by atoms with Crippen LogP contribution >= 0.6 is 15.9 Å². The maximum atomic E-state index is 14.9. The highest BCUT2D eigenvalue weighted by Crippen LogP contribution is 2.45. The van der Waals surface area contributed by atoms with Crippen LogP contribution in [-0.4, -0.2) is 33.2 Å². The van der Waals surface area contributed by atoms with Gasteiger partial charge in [0.05, 0.1) is 6.04 Å². The van der Waals surface area contributed by atoms with Crippen molar-refractivity contribution >= 4 is 26.8 Å². The predicted molar refractivity (Wildman–Crippen MR) is 106 cm³/mol. The van der Waals surface area contributed by atoms with E-state index < -0.39 is 35.9 Å². The Hall–Kier alpha value is -1.90. The van der Waals surface area contributed by atoms with Crippen molar-refractivity contribution in [1.82, 2.24) is 9.88 Å². The van der Waals surface area contributed by atoms with Gasteiger partial charge in [-0.05, 0) is 37.1 Å². The number of nitrogens with zero attached hydrogens (tertiary/aromatic N) is 1. The van der Waals surface area contributed by atoms with Crippen molar-refractivity contribution in [1.29, 1.82) is 0 Å². The second-order valence-corrected chi connectivity index (χ2v) is 8.49. The summed E-state index contributed by atoms with van der Waals surface area (Å²) >= 11 is 3.05. The smallest absolute Gasteiger partial charge is 0.284 e. The van der Waals surface area contributed by atoms with Crippen LogP contribution in [0.4, 0.5) is 17.6 Å².